The normalized spacial score (nSPS) is 13.1. The van der Waals surface area contributed by atoms with Gasteiger partial charge in [-0.2, -0.15) is 0 Å². The van der Waals surface area contributed by atoms with E-state index < -0.39 is 29.9 Å². The Morgan fingerprint density at radius 2 is 1.87 bits per heavy atom. The molecule has 30 heavy (non-hydrogen) atoms. The number of hydroxylamine groups is 1. The molecule has 2 aromatic rings. The molecule has 1 heterocycles. The number of ether oxygens (including phenoxy) is 1. The quantitative estimate of drug-likeness (QED) is 0.372. The summed E-state index contributed by atoms with van der Waals surface area (Å²) >= 11 is 0. The Balaban J connectivity index is 2.13. The summed E-state index contributed by atoms with van der Waals surface area (Å²) in [6.45, 7) is 0.941. The van der Waals surface area contributed by atoms with E-state index in [1.165, 1.54) is 35.9 Å². The Kier molecular flexibility index (Phi) is 7.64. The summed E-state index contributed by atoms with van der Waals surface area (Å²) in [5, 5.41) is 14.5. The maximum atomic E-state index is 13.4. The molecule has 0 bridgehead atoms. The molecule has 0 spiro atoms. The highest BCUT2D eigenvalue weighted by atomic mass is 19.3. The van der Waals surface area contributed by atoms with Gasteiger partial charge in [0, 0.05) is 24.3 Å². The van der Waals surface area contributed by atoms with Crippen molar-refractivity contribution < 1.29 is 32.8 Å². The van der Waals surface area contributed by atoms with Crippen molar-refractivity contribution in [2.45, 2.75) is 25.0 Å². The number of nitrogens with zero attached hydrogens (tertiary/aromatic N) is 1. The van der Waals surface area contributed by atoms with Gasteiger partial charge in [-0.3, -0.25) is 14.8 Å². The minimum Gasteiger partial charge on any atom is -0.370 e. The van der Waals surface area contributed by atoms with E-state index in [4.69, 9.17) is 14.5 Å². The fraction of sp³-hybridized carbons (Fsp3) is 0.250. The molecule has 2 amide bonds. The van der Waals surface area contributed by atoms with Crippen LogP contribution in [0.1, 0.15) is 28.6 Å². The summed E-state index contributed by atoms with van der Waals surface area (Å²) in [6.07, 6.45) is -1.67. The molecular weight excluding hydrogens is 400 g/mol. The second-order valence-electron chi connectivity index (χ2n) is 6.03. The highest BCUT2D eigenvalue weighted by molar-refractivity contribution is 5.97. The van der Waals surface area contributed by atoms with E-state index in [2.05, 4.69) is 34.2 Å². The van der Waals surface area contributed by atoms with Gasteiger partial charge in [-0.25, -0.2) is 14.3 Å². The SMILES string of the molecule is COC(C)(C(F)F)C(NC(=O)c1ccc(C#CC#Cc2ccno2)cc1)C(=O)NO. The van der Waals surface area contributed by atoms with Gasteiger partial charge in [-0.15, -0.1) is 0 Å². The molecule has 156 valence electrons. The van der Waals surface area contributed by atoms with Crippen LogP contribution in [0.15, 0.2) is 41.1 Å². The minimum absolute atomic E-state index is 0.0803. The monoisotopic (exact) mass is 417 g/mol. The molecule has 0 saturated heterocycles. The van der Waals surface area contributed by atoms with Crippen molar-refractivity contribution in [1.29, 1.82) is 0 Å². The molecule has 0 aliphatic rings. The number of amides is 2. The highest BCUT2D eigenvalue weighted by Crippen LogP contribution is 2.24. The predicted octanol–water partition coefficient (Wildman–Crippen LogP) is 1.35. The van der Waals surface area contributed by atoms with Crippen molar-refractivity contribution in [3.63, 3.8) is 0 Å². The zero-order valence-electron chi connectivity index (χ0n) is 15.9. The lowest BCUT2D eigenvalue weighted by atomic mass is 9.95. The molecule has 1 aromatic carbocycles. The van der Waals surface area contributed by atoms with E-state index in [1.807, 2.05) is 0 Å². The molecule has 0 radical (unpaired) electrons. The van der Waals surface area contributed by atoms with Crippen molar-refractivity contribution in [3.05, 3.63) is 53.4 Å². The average molecular weight is 417 g/mol. The second kappa shape index (κ2) is 10.2. The Hall–Kier alpha value is -3.73. The number of rotatable bonds is 6. The zero-order chi connectivity index (χ0) is 22.1. The fourth-order valence-corrected chi connectivity index (χ4v) is 2.26. The minimum atomic E-state index is -3.12. The maximum Gasteiger partial charge on any atom is 0.269 e. The van der Waals surface area contributed by atoms with Gasteiger partial charge >= 0.3 is 0 Å². The average Bonchev–Trinajstić information content (AvgIpc) is 3.27. The van der Waals surface area contributed by atoms with Crippen molar-refractivity contribution >= 4 is 11.8 Å². The smallest absolute Gasteiger partial charge is 0.269 e. The summed E-state index contributed by atoms with van der Waals surface area (Å²) in [5.74, 6) is 8.87. The standard InChI is InChI=1S/C20H17F2N3O5/c1-20(29-2,19(21)22)16(18(27)25-28)24-17(26)14-9-7-13(8-10-14)5-3-4-6-15-11-12-23-30-15/h7-12,16,19,28H,1-2H3,(H,24,26)(H,25,27). The van der Waals surface area contributed by atoms with Gasteiger partial charge in [0.15, 0.2) is 5.60 Å². The number of nitrogens with one attached hydrogen (secondary N) is 2. The van der Waals surface area contributed by atoms with Gasteiger partial charge in [0.05, 0.1) is 6.20 Å². The second-order valence-corrected chi connectivity index (χ2v) is 6.03. The molecule has 10 heteroatoms. The van der Waals surface area contributed by atoms with E-state index in [9.17, 15) is 18.4 Å². The van der Waals surface area contributed by atoms with Crippen LogP contribution < -0.4 is 10.8 Å². The van der Waals surface area contributed by atoms with Gasteiger partial charge < -0.3 is 14.6 Å². The van der Waals surface area contributed by atoms with Crippen LogP contribution in [0.2, 0.25) is 0 Å². The number of benzene rings is 1. The molecule has 8 nitrogen and oxygen atoms in total. The van der Waals surface area contributed by atoms with Crippen molar-refractivity contribution in [3.8, 4) is 23.7 Å². The topological polar surface area (TPSA) is 114 Å². The summed E-state index contributed by atoms with van der Waals surface area (Å²) in [5.41, 5.74) is -0.490. The third-order valence-corrected chi connectivity index (χ3v) is 4.13. The first-order valence-electron chi connectivity index (χ1n) is 8.42. The number of hydrogen-bond acceptors (Lipinski definition) is 6. The van der Waals surface area contributed by atoms with Crippen LogP contribution in [0, 0.1) is 23.7 Å². The third-order valence-electron chi connectivity index (χ3n) is 4.13. The van der Waals surface area contributed by atoms with Gasteiger partial charge in [0.2, 0.25) is 5.76 Å². The fourth-order valence-electron chi connectivity index (χ4n) is 2.26. The molecule has 0 saturated carbocycles. The van der Waals surface area contributed by atoms with Crippen LogP contribution >= 0.6 is 0 Å². The van der Waals surface area contributed by atoms with Crippen LogP contribution in [0.25, 0.3) is 0 Å². The number of carbonyl (C=O) groups is 2. The first kappa shape index (κ1) is 22.6. The van der Waals surface area contributed by atoms with E-state index in [0.717, 1.165) is 14.0 Å². The number of aromatic nitrogens is 1. The van der Waals surface area contributed by atoms with E-state index in [0.29, 0.717) is 11.3 Å². The molecule has 2 atom stereocenters. The summed E-state index contributed by atoms with van der Waals surface area (Å²) < 4.78 is 36.3. The highest BCUT2D eigenvalue weighted by Gasteiger charge is 2.48. The van der Waals surface area contributed by atoms with Gasteiger partial charge in [-0.05, 0) is 49.0 Å². The van der Waals surface area contributed by atoms with Crippen LogP contribution in [0.4, 0.5) is 8.78 Å². The van der Waals surface area contributed by atoms with Crippen LogP contribution in [-0.4, -0.2) is 47.4 Å². The van der Waals surface area contributed by atoms with E-state index >= 15 is 0 Å². The summed E-state index contributed by atoms with van der Waals surface area (Å²) in [4.78, 5) is 24.3. The lowest BCUT2D eigenvalue weighted by Crippen LogP contribution is -2.62. The van der Waals surface area contributed by atoms with Crippen molar-refractivity contribution in [2.24, 2.45) is 0 Å². The Labute approximate surface area is 170 Å². The van der Waals surface area contributed by atoms with Crippen LogP contribution in [0.5, 0.6) is 0 Å². The van der Waals surface area contributed by atoms with Gasteiger partial charge in [0.25, 0.3) is 18.2 Å². The van der Waals surface area contributed by atoms with Crippen molar-refractivity contribution in [1.82, 2.24) is 16.0 Å². The van der Waals surface area contributed by atoms with Gasteiger partial charge in [-0.1, -0.05) is 11.1 Å². The molecule has 2 unspecified atom stereocenters. The molecule has 2 rings (SSSR count). The summed E-state index contributed by atoms with van der Waals surface area (Å²) in [6, 6.07) is 5.54. The van der Waals surface area contributed by atoms with Crippen LogP contribution in [0.3, 0.4) is 0 Å². The van der Waals surface area contributed by atoms with Crippen molar-refractivity contribution in [2.75, 3.05) is 7.11 Å². The lowest BCUT2D eigenvalue weighted by Gasteiger charge is -2.34. The number of halogens is 2. The largest absolute Gasteiger partial charge is 0.370 e. The molecular formula is C20H17F2N3O5. The lowest BCUT2D eigenvalue weighted by molar-refractivity contribution is -0.157. The molecule has 0 aliphatic carbocycles. The number of alkyl halides is 2. The first-order chi connectivity index (χ1) is 14.3. The van der Waals surface area contributed by atoms with Gasteiger partial charge in [0.1, 0.15) is 6.04 Å². The number of carbonyl (C=O) groups excluding carboxylic acids is 2. The Morgan fingerprint density at radius 3 is 2.40 bits per heavy atom. The van der Waals surface area contributed by atoms with E-state index in [1.54, 1.807) is 6.07 Å². The molecule has 0 fully saturated rings. The molecule has 3 N–H and O–H groups in total. The molecule has 1 aromatic heterocycles. The number of methoxy groups -OCH3 is 1. The first-order valence-corrected chi connectivity index (χ1v) is 8.42. The summed E-state index contributed by atoms with van der Waals surface area (Å²) in [7, 11) is 0.967. The Bertz CT molecular complexity index is 1000. The predicted molar refractivity (Wildman–Crippen MR) is 99.3 cm³/mol. The van der Waals surface area contributed by atoms with Crippen LogP contribution in [-0.2, 0) is 9.53 Å². The van der Waals surface area contributed by atoms with E-state index in [-0.39, 0.29) is 5.56 Å². The zero-order valence-corrected chi connectivity index (χ0v) is 15.9. The maximum absolute atomic E-state index is 13.4. The third kappa shape index (κ3) is 5.41. The Morgan fingerprint density at radius 1 is 1.20 bits per heavy atom. The number of hydrogen-bond donors (Lipinski definition) is 3. The molecule has 0 aliphatic heterocycles.